The zero-order valence-corrected chi connectivity index (χ0v) is 16.7. The van der Waals surface area contributed by atoms with Crippen LogP contribution in [0.4, 0.5) is 0 Å². The Morgan fingerprint density at radius 1 is 1.25 bits per heavy atom. The van der Waals surface area contributed by atoms with Gasteiger partial charge in [0.1, 0.15) is 5.76 Å². The third-order valence-corrected chi connectivity index (χ3v) is 6.13. The predicted molar refractivity (Wildman–Crippen MR) is 110 cm³/mol. The summed E-state index contributed by atoms with van der Waals surface area (Å²) in [5.74, 6) is 1.05. The highest BCUT2D eigenvalue weighted by molar-refractivity contribution is 7.99. The number of aromatic nitrogens is 2. The van der Waals surface area contributed by atoms with Crippen LogP contribution in [0, 0.1) is 0 Å². The highest BCUT2D eigenvalue weighted by atomic mass is 32.2. The van der Waals surface area contributed by atoms with Crippen LogP contribution in [0.15, 0.2) is 57.0 Å². The molecule has 146 valence electrons. The van der Waals surface area contributed by atoms with E-state index in [1.54, 1.807) is 23.0 Å². The van der Waals surface area contributed by atoms with Crippen LogP contribution < -0.4 is 5.56 Å². The Balaban J connectivity index is 1.63. The van der Waals surface area contributed by atoms with Gasteiger partial charge in [-0.15, -0.1) is 0 Å². The molecule has 1 aliphatic rings. The highest BCUT2D eigenvalue weighted by Gasteiger charge is 2.24. The summed E-state index contributed by atoms with van der Waals surface area (Å²) in [5, 5.41) is 1.10. The number of carbonyl (C=O) groups excluding carboxylic acids is 1. The molecule has 1 amide bonds. The smallest absolute Gasteiger partial charge is 0.262 e. The monoisotopic (exact) mass is 397 g/mol. The second kappa shape index (κ2) is 8.22. The molecule has 0 N–H and O–H groups in total. The molecule has 0 spiro atoms. The van der Waals surface area contributed by atoms with Crippen molar-refractivity contribution < 1.29 is 9.21 Å². The van der Waals surface area contributed by atoms with Crippen molar-refractivity contribution in [2.75, 3.05) is 12.3 Å². The minimum absolute atomic E-state index is 0.101. The molecule has 3 aromatic rings. The lowest BCUT2D eigenvalue weighted by molar-refractivity contribution is -0.131. The van der Waals surface area contributed by atoms with Crippen molar-refractivity contribution in [2.24, 2.45) is 0 Å². The Bertz CT molecular complexity index is 1030. The fourth-order valence-electron chi connectivity index (χ4n) is 3.63. The molecule has 1 fully saturated rings. The minimum atomic E-state index is -0.122. The molecule has 1 atom stereocenters. The Kier molecular flexibility index (Phi) is 5.52. The van der Waals surface area contributed by atoms with Gasteiger partial charge >= 0.3 is 0 Å². The largest absolute Gasteiger partial charge is 0.467 e. The average Bonchev–Trinajstić information content (AvgIpc) is 3.22. The number of furan rings is 1. The van der Waals surface area contributed by atoms with Gasteiger partial charge in [0, 0.05) is 12.6 Å². The first-order valence-corrected chi connectivity index (χ1v) is 10.6. The fraction of sp³-hybridized carbons (Fsp3) is 0.381. The Morgan fingerprint density at radius 3 is 2.89 bits per heavy atom. The maximum absolute atomic E-state index is 13.0. The van der Waals surface area contributed by atoms with E-state index >= 15 is 0 Å². The normalized spacial score (nSPS) is 17.2. The third-order valence-electron chi connectivity index (χ3n) is 5.17. The van der Waals surface area contributed by atoms with Gasteiger partial charge < -0.3 is 9.32 Å². The molecule has 0 bridgehead atoms. The summed E-state index contributed by atoms with van der Waals surface area (Å²) in [6.45, 7) is 3.20. The number of rotatable bonds is 5. The lowest BCUT2D eigenvalue weighted by Crippen LogP contribution is -2.43. The number of amides is 1. The fourth-order valence-corrected chi connectivity index (χ4v) is 4.52. The second-order valence-corrected chi connectivity index (χ2v) is 8.05. The number of fused-ring (bicyclic) bond motifs is 1. The predicted octanol–water partition coefficient (Wildman–Crippen LogP) is 3.53. The van der Waals surface area contributed by atoms with E-state index in [-0.39, 0.29) is 23.3 Å². The summed E-state index contributed by atoms with van der Waals surface area (Å²) >= 11 is 1.32. The first-order valence-electron chi connectivity index (χ1n) is 9.57. The van der Waals surface area contributed by atoms with Crippen LogP contribution in [-0.2, 0) is 11.3 Å². The van der Waals surface area contributed by atoms with Crippen LogP contribution in [0.1, 0.15) is 31.9 Å². The SMILES string of the molecule is C[C@H]1CCCCN1C(=O)CSc1nc2ccccc2c(=O)n1Cc1ccco1. The molecule has 3 heterocycles. The molecular weight excluding hydrogens is 374 g/mol. The first-order chi connectivity index (χ1) is 13.6. The molecular formula is C21H23N3O3S. The Labute approximate surface area is 167 Å². The number of nitrogens with zero attached hydrogens (tertiary/aromatic N) is 3. The van der Waals surface area contributed by atoms with Gasteiger partial charge in [-0.25, -0.2) is 4.98 Å². The standard InChI is InChI=1S/C21H23N3O3S/c1-15-7-4-5-11-23(15)19(25)14-28-21-22-18-10-3-2-9-17(18)20(26)24(21)13-16-8-6-12-27-16/h2-3,6,8-10,12,15H,4-5,7,11,13-14H2,1H3/t15-/m0/s1. The molecule has 1 aromatic carbocycles. The van der Waals surface area contributed by atoms with E-state index in [2.05, 4.69) is 11.9 Å². The van der Waals surface area contributed by atoms with Gasteiger partial charge in [0.25, 0.3) is 5.56 Å². The van der Waals surface area contributed by atoms with Crippen molar-refractivity contribution in [3.8, 4) is 0 Å². The first kappa shape index (κ1) is 18.8. The summed E-state index contributed by atoms with van der Waals surface area (Å²) in [4.78, 5) is 32.4. The number of para-hydroxylation sites is 1. The zero-order chi connectivity index (χ0) is 19.5. The Morgan fingerprint density at radius 2 is 2.11 bits per heavy atom. The quantitative estimate of drug-likeness (QED) is 0.487. The summed E-state index contributed by atoms with van der Waals surface area (Å²) in [6.07, 6.45) is 4.86. The molecule has 0 unspecified atom stereocenters. The molecule has 28 heavy (non-hydrogen) atoms. The number of hydrogen-bond donors (Lipinski definition) is 0. The van der Waals surface area contributed by atoms with Crippen LogP contribution in [0.3, 0.4) is 0 Å². The van der Waals surface area contributed by atoms with E-state index in [0.29, 0.717) is 28.4 Å². The zero-order valence-electron chi connectivity index (χ0n) is 15.8. The molecule has 6 nitrogen and oxygen atoms in total. The third kappa shape index (κ3) is 3.85. The number of thioether (sulfide) groups is 1. The van der Waals surface area contributed by atoms with Gasteiger partial charge in [0.05, 0.1) is 29.5 Å². The lowest BCUT2D eigenvalue weighted by Gasteiger charge is -2.33. The van der Waals surface area contributed by atoms with Crippen LogP contribution in [0.5, 0.6) is 0 Å². The van der Waals surface area contributed by atoms with E-state index in [0.717, 1.165) is 19.4 Å². The molecule has 0 saturated carbocycles. The minimum Gasteiger partial charge on any atom is -0.467 e. The van der Waals surface area contributed by atoms with Crippen molar-refractivity contribution >= 4 is 28.6 Å². The second-order valence-electron chi connectivity index (χ2n) is 7.10. The van der Waals surface area contributed by atoms with Crippen LogP contribution in [0.2, 0.25) is 0 Å². The molecule has 0 aliphatic carbocycles. The van der Waals surface area contributed by atoms with E-state index < -0.39 is 0 Å². The van der Waals surface area contributed by atoms with Crippen LogP contribution in [-0.4, -0.2) is 38.7 Å². The molecule has 2 aromatic heterocycles. The van der Waals surface area contributed by atoms with E-state index in [1.807, 2.05) is 29.2 Å². The number of piperidine rings is 1. The van der Waals surface area contributed by atoms with Crippen molar-refractivity contribution in [1.29, 1.82) is 0 Å². The summed E-state index contributed by atoms with van der Waals surface area (Å²) < 4.78 is 7.02. The Hall–Kier alpha value is -2.54. The average molecular weight is 398 g/mol. The molecule has 7 heteroatoms. The van der Waals surface area contributed by atoms with Gasteiger partial charge in [0.15, 0.2) is 5.16 Å². The van der Waals surface area contributed by atoms with E-state index in [4.69, 9.17) is 4.42 Å². The number of hydrogen-bond acceptors (Lipinski definition) is 5. The van der Waals surface area contributed by atoms with Crippen molar-refractivity contribution in [2.45, 2.75) is 43.9 Å². The van der Waals surface area contributed by atoms with E-state index in [1.165, 1.54) is 18.2 Å². The van der Waals surface area contributed by atoms with Crippen LogP contribution in [0.25, 0.3) is 10.9 Å². The summed E-state index contributed by atoms with van der Waals surface area (Å²) in [5.41, 5.74) is 0.521. The molecule has 4 rings (SSSR count). The van der Waals surface area contributed by atoms with Gasteiger partial charge in [-0.2, -0.15) is 0 Å². The highest BCUT2D eigenvalue weighted by Crippen LogP contribution is 2.22. The van der Waals surface area contributed by atoms with E-state index in [9.17, 15) is 9.59 Å². The van der Waals surface area contributed by atoms with Gasteiger partial charge in [0.2, 0.25) is 5.91 Å². The van der Waals surface area contributed by atoms with Crippen molar-refractivity contribution in [3.63, 3.8) is 0 Å². The molecule has 0 radical (unpaired) electrons. The number of carbonyl (C=O) groups is 1. The number of likely N-dealkylation sites (tertiary alicyclic amines) is 1. The van der Waals surface area contributed by atoms with Crippen LogP contribution >= 0.6 is 11.8 Å². The topological polar surface area (TPSA) is 68.3 Å². The lowest BCUT2D eigenvalue weighted by atomic mass is 10.0. The van der Waals surface area contributed by atoms with Gasteiger partial charge in [-0.05, 0) is 50.5 Å². The maximum Gasteiger partial charge on any atom is 0.262 e. The van der Waals surface area contributed by atoms with Gasteiger partial charge in [-0.3, -0.25) is 14.2 Å². The van der Waals surface area contributed by atoms with Gasteiger partial charge in [-0.1, -0.05) is 23.9 Å². The van der Waals surface area contributed by atoms with Crippen molar-refractivity contribution in [1.82, 2.24) is 14.5 Å². The molecule has 1 aliphatic heterocycles. The maximum atomic E-state index is 13.0. The summed E-state index contributed by atoms with van der Waals surface area (Å²) in [6, 6.07) is 11.2. The number of benzene rings is 1. The summed E-state index contributed by atoms with van der Waals surface area (Å²) in [7, 11) is 0. The molecule has 1 saturated heterocycles. The van der Waals surface area contributed by atoms with Crippen molar-refractivity contribution in [3.05, 3.63) is 58.8 Å².